The first-order valence-corrected chi connectivity index (χ1v) is 13.7. The van der Waals surface area contributed by atoms with Crippen molar-refractivity contribution in [3.63, 3.8) is 0 Å². The Labute approximate surface area is 224 Å². The Hall–Kier alpha value is -3.58. The van der Waals surface area contributed by atoms with Crippen LogP contribution in [0.25, 0.3) is 27.7 Å². The van der Waals surface area contributed by atoms with Gasteiger partial charge in [-0.2, -0.15) is 0 Å². The molecule has 1 amide bonds. The molecule has 7 heteroatoms. The number of aromatic nitrogens is 2. The second-order valence-electron chi connectivity index (χ2n) is 11.3. The Morgan fingerprint density at radius 2 is 2.03 bits per heavy atom. The Balaban J connectivity index is 1.21. The molecule has 1 spiro atoms. The van der Waals surface area contributed by atoms with Crippen molar-refractivity contribution < 1.29 is 4.79 Å². The largest absolute Gasteiger partial charge is 0.398 e. The van der Waals surface area contributed by atoms with Crippen molar-refractivity contribution in [1.29, 1.82) is 0 Å². The monoisotopic (exact) mass is 508 g/mol. The minimum Gasteiger partial charge on any atom is -0.398 e. The fourth-order valence-electron chi connectivity index (χ4n) is 6.45. The van der Waals surface area contributed by atoms with E-state index in [2.05, 4.69) is 34.6 Å². The molecule has 0 atom stereocenters. The van der Waals surface area contributed by atoms with Gasteiger partial charge in [-0.05, 0) is 60.6 Å². The molecule has 2 aliphatic heterocycles. The smallest absolute Gasteiger partial charge is 0.219 e. The quantitative estimate of drug-likeness (QED) is 0.538. The number of carbonyl (C=O) groups excluding carboxylic acids is 1. The van der Waals surface area contributed by atoms with E-state index in [1.807, 2.05) is 29.4 Å². The predicted molar refractivity (Wildman–Crippen MR) is 153 cm³/mol. The average molecular weight is 509 g/mol. The predicted octanol–water partition coefficient (Wildman–Crippen LogP) is 4.22. The van der Waals surface area contributed by atoms with Gasteiger partial charge in [0.1, 0.15) is 0 Å². The summed E-state index contributed by atoms with van der Waals surface area (Å²) < 4.78 is 0. The van der Waals surface area contributed by atoms with E-state index in [1.54, 1.807) is 14.0 Å². The van der Waals surface area contributed by atoms with Gasteiger partial charge in [0, 0.05) is 98.2 Å². The summed E-state index contributed by atoms with van der Waals surface area (Å²) in [5.74, 6) is 0.910. The van der Waals surface area contributed by atoms with Crippen LogP contribution < -0.4 is 11.1 Å². The van der Waals surface area contributed by atoms with Crippen molar-refractivity contribution in [2.45, 2.75) is 39.0 Å². The Kier molecular flexibility index (Phi) is 6.48. The highest BCUT2D eigenvalue weighted by Crippen LogP contribution is 2.49. The molecule has 3 N–H and O–H groups in total. The molecule has 3 aromatic rings. The van der Waals surface area contributed by atoms with Crippen molar-refractivity contribution in [3.8, 4) is 11.3 Å². The number of likely N-dealkylation sites (tertiary alicyclic amines) is 1. The van der Waals surface area contributed by atoms with Crippen molar-refractivity contribution in [3.05, 3.63) is 65.6 Å². The number of carbonyl (C=O) groups is 1. The molecule has 1 aromatic carbocycles. The topological polar surface area (TPSA) is 96.5 Å². The summed E-state index contributed by atoms with van der Waals surface area (Å²) in [6.07, 6.45) is 9.59. The third kappa shape index (κ3) is 4.60. The summed E-state index contributed by atoms with van der Waals surface area (Å²) in [6, 6.07) is 12.5. The molecule has 38 heavy (non-hydrogen) atoms. The van der Waals surface area contributed by atoms with E-state index >= 15 is 0 Å². The summed E-state index contributed by atoms with van der Waals surface area (Å²) in [7, 11) is 1.79. The fraction of sp³-hybridized carbons (Fsp3) is 0.419. The molecule has 3 aliphatic rings. The lowest BCUT2D eigenvalue weighted by atomic mass is 9.57. The molecule has 1 aliphatic carbocycles. The third-order valence-electron chi connectivity index (χ3n) is 8.78. The molecule has 3 fully saturated rings. The minimum absolute atomic E-state index is 0.0527. The van der Waals surface area contributed by atoms with Gasteiger partial charge < -0.3 is 16.0 Å². The Morgan fingerprint density at radius 3 is 2.71 bits per heavy atom. The molecule has 0 unspecified atom stereocenters. The van der Waals surface area contributed by atoms with Gasteiger partial charge in [0.25, 0.3) is 0 Å². The first-order chi connectivity index (χ1) is 18.4. The highest BCUT2D eigenvalue weighted by atomic mass is 16.2. The van der Waals surface area contributed by atoms with Crippen LogP contribution >= 0.6 is 0 Å². The third-order valence-corrected chi connectivity index (χ3v) is 8.78. The van der Waals surface area contributed by atoms with Gasteiger partial charge in [0.15, 0.2) is 0 Å². The zero-order chi connectivity index (χ0) is 26.3. The van der Waals surface area contributed by atoms with Crippen LogP contribution in [0.15, 0.2) is 59.4 Å². The maximum absolute atomic E-state index is 12.0. The average Bonchev–Trinajstić information content (AvgIpc) is 2.90. The normalized spacial score (nSPS) is 21.4. The van der Waals surface area contributed by atoms with Crippen LogP contribution in [0.5, 0.6) is 0 Å². The standard InChI is InChI=1S/C31H36N6O/c1-20(38)37-11-10-28(33-2)27(17-37)30(32)25-5-3-4-22-12-29(36-16-26(22)25)23-7-9-24(35-15-23)8-6-21-13-31(14-21)18-34-19-31/h3-5,7,9,12,15-16,21,34H,6,8,10-11,13-14,17-19,32H2,1-2H3/b30-27-,33-28?. The second kappa shape index (κ2) is 9.95. The number of aliphatic imine (C=N–C) groups is 1. The molecule has 2 saturated heterocycles. The highest BCUT2D eigenvalue weighted by molar-refractivity contribution is 6.09. The number of pyridine rings is 2. The van der Waals surface area contributed by atoms with Gasteiger partial charge in [-0.3, -0.25) is 19.8 Å². The molecule has 6 rings (SSSR count). The molecule has 7 nitrogen and oxygen atoms in total. The van der Waals surface area contributed by atoms with Gasteiger partial charge in [0.05, 0.1) is 5.69 Å². The first-order valence-electron chi connectivity index (χ1n) is 13.7. The number of benzene rings is 1. The van der Waals surface area contributed by atoms with Gasteiger partial charge in [-0.15, -0.1) is 0 Å². The van der Waals surface area contributed by atoms with Gasteiger partial charge in [-0.1, -0.05) is 18.2 Å². The van der Waals surface area contributed by atoms with E-state index in [-0.39, 0.29) is 5.91 Å². The number of fused-ring (bicyclic) bond motifs is 1. The summed E-state index contributed by atoms with van der Waals surface area (Å²) >= 11 is 0. The maximum atomic E-state index is 12.0. The lowest BCUT2D eigenvalue weighted by Crippen LogP contribution is -2.60. The van der Waals surface area contributed by atoms with Crippen LogP contribution in [0.3, 0.4) is 0 Å². The molecule has 0 radical (unpaired) electrons. The number of nitrogens with zero attached hydrogens (tertiary/aromatic N) is 4. The molecule has 4 heterocycles. The van der Waals surface area contributed by atoms with E-state index in [4.69, 9.17) is 15.7 Å². The van der Waals surface area contributed by atoms with E-state index in [1.165, 1.54) is 32.4 Å². The zero-order valence-corrected chi connectivity index (χ0v) is 22.3. The summed E-state index contributed by atoms with van der Waals surface area (Å²) in [4.78, 5) is 27.9. The number of hydrogen-bond donors (Lipinski definition) is 2. The minimum atomic E-state index is 0.0527. The summed E-state index contributed by atoms with van der Waals surface area (Å²) in [6.45, 7) is 5.18. The van der Waals surface area contributed by atoms with Crippen LogP contribution in [0.4, 0.5) is 0 Å². The molecule has 196 valence electrons. The Bertz CT molecular complexity index is 1430. The Morgan fingerprint density at radius 1 is 1.18 bits per heavy atom. The molecular formula is C31H36N6O. The number of rotatable bonds is 5. The van der Waals surface area contributed by atoms with Crippen LogP contribution in [0.1, 0.15) is 43.9 Å². The van der Waals surface area contributed by atoms with Crippen molar-refractivity contribution in [2.24, 2.45) is 22.1 Å². The summed E-state index contributed by atoms with van der Waals surface area (Å²) in [5, 5.41) is 5.48. The number of piperidine rings is 1. The lowest BCUT2D eigenvalue weighted by molar-refractivity contribution is -0.128. The zero-order valence-electron chi connectivity index (χ0n) is 22.3. The molecule has 0 bridgehead atoms. The number of nitrogens with one attached hydrogen (secondary N) is 1. The fourth-order valence-corrected chi connectivity index (χ4v) is 6.45. The van der Waals surface area contributed by atoms with Crippen LogP contribution in [0.2, 0.25) is 0 Å². The maximum Gasteiger partial charge on any atom is 0.219 e. The summed E-state index contributed by atoms with van der Waals surface area (Å²) in [5.41, 5.74) is 13.9. The van der Waals surface area contributed by atoms with Crippen molar-refractivity contribution in [2.75, 3.05) is 33.2 Å². The van der Waals surface area contributed by atoms with E-state index in [0.717, 1.165) is 56.9 Å². The first kappa shape index (κ1) is 24.7. The highest BCUT2D eigenvalue weighted by Gasteiger charge is 2.47. The number of hydrogen-bond acceptors (Lipinski definition) is 6. The van der Waals surface area contributed by atoms with Crippen molar-refractivity contribution >= 4 is 28.1 Å². The van der Waals surface area contributed by atoms with Crippen LogP contribution in [-0.4, -0.2) is 59.7 Å². The van der Waals surface area contributed by atoms with E-state index < -0.39 is 0 Å². The molecule has 2 aromatic heterocycles. The van der Waals surface area contributed by atoms with Crippen molar-refractivity contribution in [1.82, 2.24) is 20.2 Å². The van der Waals surface area contributed by atoms with Gasteiger partial charge >= 0.3 is 0 Å². The number of aryl methyl sites for hydroxylation is 1. The number of amides is 1. The van der Waals surface area contributed by atoms with Gasteiger partial charge in [0.2, 0.25) is 5.91 Å². The number of nitrogens with two attached hydrogens (primary N) is 1. The van der Waals surface area contributed by atoms with Gasteiger partial charge in [-0.25, -0.2) is 0 Å². The SMILES string of the molecule is CN=C1CCN(C(C)=O)C/C1=C(/N)c1cccc2cc(-c3ccc(CCC4CC5(CNC5)C4)nc3)ncc12. The molecular weight excluding hydrogens is 472 g/mol. The van der Waals surface area contributed by atoms with Crippen LogP contribution in [0, 0.1) is 11.3 Å². The lowest BCUT2D eigenvalue weighted by Gasteiger charge is -2.54. The van der Waals surface area contributed by atoms with E-state index in [9.17, 15) is 4.79 Å². The molecule has 1 saturated carbocycles. The van der Waals surface area contributed by atoms with Crippen LogP contribution in [-0.2, 0) is 11.2 Å². The van der Waals surface area contributed by atoms with E-state index in [0.29, 0.717) is 30.6 Å². The second-order valence-corrected chi connectivity index (χ2v) is 11.3.